The summed E-state index contributed by atoms with van der Waals surface area (Å²) in [5.41, 5.74) is 7.62. The van der Waals surface area contributed by atoms with E-state index in [9.17, 15) is 0 Å². The first kappa shape index (κ1) is 10.7. The molecule has 0 atom stereocenters. The fourth-order valence-electron chi connectivity index (χ4n) is 1.21. The highest BCUT2D eigenvalue weighted by atomic mass is 127. The molecule has 0 saturated carbocycles. The summed E-state index contributed by atoms with van der Waals surface area (Å²) in [5.74, 6) is 0. The molecule has 0 amide bonds. The maximum atomic E-state index is 5.88. The Kier molecular flexibility index (Phi) is 3.42. The van der Waals surface area contributed by atoms with Crippen LogP contribution in [0.3, 0.4) is 0 Å². The second-order valence-corrected chi connectivity index (χ2v) is 5.24. The van der Waals surface area contributed by atoms with Gasteiger partial charge in [-0.1, -0.05) is 0 Å². The van der Waals surface area contributed by atoms with Gasteiger partial charge in [0.1, 0.15) is 5.01 Å². The van der Waals surface area contributed by atoms with Gasteiger partial charge in [0.15, 0.2) is 0 Å². The van der Waals surface area contributed by atoms with Crippen LogP contribution in [-0.2, 0) is 6.54 Å². The van der Waals surface area contributed by atoms with E-state index in [-0.39, 0.29) is 0 Å². The molecule has 3 N–H and O–H groups in total. The van der Waals surface area contributed by atoms with Crippen LogP contribution < -0.4 is 11.1 Å². The van der Waals surface area contributed by atoms with E-state index in [1.807, 2.05) is 23.6 Å². The molecular weight excluding hydrogens is 321 g/mol. The molecule has 2 rings (SSSR count). The van der Waals surface area contributed by atoms with Crippen molar-refractivity contribution in [2.75, 3.05) is 11.1 Å². The minimum atomic E-state index is 0.725. The molecule has 0 saturated heterocycles. The lowest BCUT2D eigenvalue weighted by atomic mass is 10.3. The number of hydrogen-bond acceptors (Lipinski definition) is 4. The second kappa shape index (κ2) is 4.80. The fourth-order valence-corrected chi connectivity index (χ4v) is 2.28. The van der Waals surface area contributed by atoms with E-state index in [0.29, 0.717) is 0 Å². The third-order valence-electron chi connectivity index (χ3n) is 1.93. The zero-order valence-corrected chi connectivity index (χ0v) is 10.9. The van der Waals surface area contributed by atoms with Gasteiger partial charge in [-0.05, 0) is 40.8 Å². The molecule has 78 valence electrons. The number of nitrogens with two attached hydrogens (primary N) is 1. The number of anilines is 2. The maximum Gasteiger partial charge on any atom is 0.112 e. The van der Waals surface area contributed by atoms with Crippen molar-refractivity contribution in [3.8, 4) is 0 Å². The van der Waals surface area contributed by atoms with Gasteiger partial charge in [-0.15, -0.1) is 11.3 Å². The molecule has 0 aliphatic carbocycles. The van der Waals surface area contributed by atoms with Crippen molar-refractivity contribution in [3.05, 3.63) is 38.4 Å². The molecule has 1 aromatic carbocycles. The van der Waals surface area contributed by atoms with Crippen molar-refractivity contribution in [2.45, 2.75) is 6.54 Å². The summed E-state index contributed by atoms with van der Waals surface area (Å²) in [5, 5.41) is 6.29. The lowest BCUT2D eigenvalue weighted by Gasteiger charge is -2.07. The van der Waals surface area contributed by atoms with Crippen molar-refractivity contribution >= 4 is 45.3 Å². The zero-order chi connectivity index (χ0) is 10.7. The number of rotatable bonds is 3. The van der Waals surface area contributed by atoms with Crippen LogP contribution in [0.4, 0.5) is 11.4 Å². The fraction of sp³-hybridized carbons (Fsp3) is 0.100. The summed E-state index contributed by atoms with van der Waals surface area (Å²) in [4.78, 5) is 4.19. The van der Waals surface area contributed by atoms with Gasteiger partial charge in [-0.3, -0.25) is 0 Å². The van der Waals surface area contributed by atoms with Crippen molar-refractivity contribution in [2.24, 2.45) is 0 Å². The van der Waals surface area contributed by atoms with Gasteiger partial charge in [0.25, 0.3) is 0 Å². The third kappa shape index (κ3) is 2.82. The number of aromatic nitrogens is 1. The highest BCUT2D eigenvalue weighted by Crippen LogP contribution is 2.21. The zero-order valence-electron chi connectivity index (χ0n) is 7.90. The molecule has 0 radical (unpaired) electrons. The predicted octanol–water partition coefficient (Wildman–Crippen LogP) is 2.94. The topological polar surface area (TPSA) is 50.9 Å². The Bertz CT molecular complexity index is 442. The van der Waals surface area contributed by atoms with Gasteiger partial charge in [0.05, 0.1) is 17.9 Å². The average Bonchev–Trinajstić information content (AvgIpc) is 2.69. The van der Waals surface area contributed by atoms with Crippen molar-refractivity contribution < 1.29 is 0 Å². The van der Waals surface area contributed by atoms with Crippen LogP contribution >= 0.6 is 33.9 Å². The van der Waals surface area contributed by atoms with Crippen LogP contribution in [0, 0.1) is 3.57 Å². The van der Waals surface area contributed by atoms with Crippen LogP contribution in [0.5, 0.6) is 0 Å². The summed E-state index contributed by atoms with van der Waals surface area (Å²) < 4.78 is 1.14. The second-order valence-electron chi connectivity index (χ2n) is 3.01. The maximum absolute atomic E-state index is 5.88. The number of halogens is 1. The first-order valence-corrected chi connectivity index (χ1v) is 6.39. The Labute approximate surface area is 106 Å². The molecule has 5 heteroatoms. The first-order valence-electron chi connectivity index (χ1n) is 4.43. The number of nitrogens with zero attached hydrogens (tertiary/aromatic N) is 1. The summed E-state index contributed by atoms with van der Waals surface area (Å²) in [6.07, 6.45) is 1.80. The average molecular weight is 331 g/mol. The van der Waals surface area contributed by atoms with Gasteiger partial charge in [0, 0.05) is 15.1 Å². The van der Waals surface area contributed by atoms with Crippen LogP contribution in [0.1, 0.15) is 5.01 Å². The van der Waals surface area contributed by atoms with Crippen molar-refractivity contribution in [3.63, 3.8) is 0 Å². The van der Waals surface area contributed by atoms with E-state index in [1.165, 1.54) is 0 Å². The summed E-state index contributed by atoms with van der Waals surface area (Å²) in [7, 11) is 0. The highest BCUT2D eigenvalue weighted by Gasteiger charge is 2.00. The lowest BCUT2D eigenvalue weighted by Crippen LogP contribution is -2.02. The van der Waals surface area contributed by atoms with Crippen LogP contribution in [0.15, 0.2) is 29.8 Å². The first-order chi connectivity index (χ1) is 7.25. The Morgan fingerprint density at radius 1 is 1.47 bits per heavy atom. The quantitative estimate of drug-likeness (QED) is 0.672. The number of hydrogen-bond donors (Lipinski definition) is 2. The summed E-state index contributed by atoms with van der Waals surface area (Å²) in [6.45, 7) is 0.725. The Morgan fingerprint density at radius 3 is 3.00 bits per heavy atom. The molecule has 0 bridgehead atoms. The number of nitrogens with one attached hydrogen (secondary N) is 1. The van der Waals surface area contributed by atoms with Gasteiger partial charge in [0.2, 0.25) is 0 Å². The van der Waals surface area contributed by atoms with Gasteiger partial charge in [-0.25, -0.2) is 4.98 Å². The van der Waals surface area contributed by atoms with Gasteiger partial charge in [-0.2, -0.15) is 0 Å². The molecule has 0 unspecified atom stereocenters. The third-order valence-corrected chi connectivity index (χ3v) is 3.38. The molecule has 15 heavy (non-hydrogen) atoms. The number of benzene rings is 1. The van der Waals surface area contributed by atoms with E-state index in [2.05, 4.69) is 32.9 Å². The van der Waals surface area contributed by atoms with Crippen molar-refractivity contribution in [1.82, 2.24) is 4.98 Å². The van der Waals surface area contributed by atoms with E-state index in [0.717, 1.165) is 26.5 Å². The SMILES string of the molecule is Nc1cc(I)ccc1NCc1nccs1. The number of thiazole rings is 1. The summed E-state index contributed by atoms with van der Waals surface area (Å²) in [6, 6.07) is 5.97. The smallest absolute Gasteiger partial charge is 0.112 e. The Hall–Kier alpha value is -0.820. The lowest BCUT2D eigenvalue weighted by molar-refractivity contribution is 1.10. The monoisotopic (exact) mass is 331 g/mol. The Morgan fingerprint density at radius 2 is 2.33 bits per heavy atom. The van der Waals surface area contributed by atoms with Gasteiger partial charge >= 0.3 is 0 Å². The molecule has 1 aromatic heterocycles. The molecule has 3 nitrogen and oxygen atoms in total. The standard InChI is InChI=1S/C10H10IN3S/c11-7-1-2-9(8(12)5-7)14-6-10-13-3-4-15-10/h1-5,14H,6,12H2. The van der Waals surface area contributed by atoms with E-state index < -0.39 is 0 Å². The van der Waals surface area contributed by atoms with Crippen LogP contribution in [0.2, 0.25) is 0 Å². The summed E-state index contributed by atoms with van der Waals surface area (Å²) >= 11 is 3.88. The highest BCUT2D eigenvalue weighted by molar-refractivity contribution is 14.1. The molecular formula is C10H10IN3S. The molecule has 0 aliphatic rings. The molecule has 1 heterocycles. The van der Waals surface area contributed by atoms with E-state index in [4.69, 9.17) is 5.73 Å². The molecule has 0 fully saturated rings. The minimum Gasteiger partial charge on any atom is -0.397 e. The van der Waals surface area contributed by atoms with Crippen molar-refractivity contribution in [1.29, 1.82) is 0 Å². The normalized spacial score (nSPS) is 10.2. The van der Waals surface area contributed by atoms with E-state index in [1.54, 1.807) is 17.5 Å². The molecule has 0 aliphatic heterocycles. The molecule has 2 aromatic rings. The van der Waals surface area contributed by atoms with Gasteiger partial charge < -0.3 is 11.1 Å². The largest absolute Gasteiger partial charge is 0.397 e. The van der Waals surface area contributed by atoms with Crippen LogP contribution in [-0.4, -0.2) is 4.98 Å². The predicted molar refractivity (Wildman–Crippen MR) is 73.0 cm³/mol. The molecule has 0 spiro atoms. The number of nitrogen functional groups attached to an aromatic ring is 1. The van der Waals surface area contributed by atoms with E-state index >= 15 is 0 Å². The minimum absolute atomic E-state index is 0.725. The van der Waals surface area contributed by atoms with Crippen LogP contribution in [0.25, 0.3) is 0 Å². The Balaban J connectivity index is 2.05.